The first kappa shape index (κ1) is 49.3. The fraction of sp³-hybridized carbons (Fsp3) is 0.647. The average Bonchev–Trinajstić information content (AvgIpc) is 3.65. The average molecular weight is 814 g/mol. The van der Waals surface area contributed by atoms with Crippen LogP contribution in [0.3, 0.4) is 0 Å². The van der Waals surface area contributed by atoms with Crippen molar-refractivity contribution in [2.45, 2.75) is 122 Å². The van der Waals surface area contributed by atoms with Gasteiger partial charge in [-0.3, -0.25) is 38.4 Å². The number of amides is 6. The predicted molar refractivity (Wildman–Crippen MR) is 196 cm³/mol. The standard InChI is InChI=1S/C34H55N9O14/c1-6-16(4)26(32(54)40-22(11-25(48)49)30(52)41-23(34(56)57)10-18-12-36-14-37-18)42-31(53)21(9-15(2)3)39-33(55)27(17(5)45)43-29(51)20(7-8-24(46)47)38-28(50)19(35)13-44/h12,14-17,19-23,26-27,44-45H,6-11,13,35H2,1-5H3,(H,36,37)(H,38,50)(H,39,55)(H,40,54)(H,41,52)(H,42,53)(H,43,51)(H,46,47)(H,48,49)(H,56,57)/t16-,17+,19-,20-,21-,22-,23-,26-,27-/m0/s1. The molecule has 320 valence electrons. The Balaban J connectivity index is 3.29. The third kappa shape index (κ3) is 17.3. The van der Waals surface area contributed by atoms with E-state index in [1.54, 1.807) is 27.7 Å². The number of nitrogens with zero attached hydrogens (tertiary/aromatic N) is 1. The third-order valence-corrected chi connectivity index (χ3v) is 8.61. The van der Waals surface area contributed by atoms with Crippen molar-refractivity contribution in [3.8, 4) is 0 Å². The Hall–Kier alpha value is -5.68. The lowest BCUT2D eigenvalue weighted by molar-refractivity contribution is -0.144. The molecule has 1 aromatic rings. The second kappa shape index (κ2) is 24.1. The summed E-state index contributed by atoms with van der Waals surface area (Å²) in [7, 11) is 0. The highest BCUT2D eigenvalue weighted by Gasteiger charge is 2.37. The van der Waals surface area contributed by atoms with Crippen molar-refractivity contribution in [3.05, 3.63) is 18.2 Å². The molecule has 0 radical (unpaired) electrons. The molecule has 0 aliphatic rings. The van der Waals surface area contributed by atoms with Crippen molar-refractivity contribution in [2.24, 2.45) is 17.6 Å². The molecule has 0 saturated heterocycles. The summed E-state index contributed by atoms with van der Waals surface area (Å²) < 4.78 is 0. The van der Waals surface area contributed by atoms with Gasteiger partial charge in [-0.25, -0.2) is 9.78 Å². The number of aromatic nitrogens is 2. The summed E-state index contributed by atoms with van der Waals surface area (Å²) in [6.45, 7) is 7.00. The Morgan fingerprint density at radius 2 is 1.25 bits per heavy atom. The summed E-state index contributed by atoms with van der Waals surface area (Å²) in [5, 5.41) is 61.8. The van der Waals surface area contributed by atoms with E-state index in [-0.39, 0.29) is 25.2 Å². The van der Waals surface area contributed by atoms with Gasteiger partial charge in [0.25, 0.3) is 0 Å². The molecule has 23 heteroatoms. The molecule has 0 aromatic carbocycles. The Bertz CT molecular complexity index is 1560. The molecule has 0 aliphatic heterocycles. The lowest BCUT2D eigenvalue weighted by Crippen LogP contribution is -2.62. The highest BCUT2D eigenvalue weighted by atomic mass is 16.4. The Morgan fingerprint density at radius 1 is 0.719 bits per heavy atom. The van der Waals surface area contributed by atoms with E-state index in [9.17, 15) is 63.6 Å². The number of rotatable bonds is 26. The second-order valence-corrected chi connectivity index (χ2v) is 13.9. The summed E-state index contributed by atoms with van der Waals surface area (Å²) in [5.41, 5.74) is 5.83. The molecule has 9 atom stereocenters. The predicted octanol–water partition coefficient (Wildman–Crippen LogP) is -3.92. The molecule has 1 aromatic heterocycles. The first-order valence-electron chi connectivity index (χ1n) is 18.1. The lowest BCUT2D eigenvalue weighted by atomic mass is 9.96. The van der Waals surface area contributed by atoms with Crippen LogP contribution in [0.5, 0.6) is 0 Å². The highest BCUT2D eigenvalue weighted by molar-refractivity contribution is 5.98. The first-order chi connectivity index (χ1) is 26.6. The maximum Gasteiger partial charge on any atom is 0.326 e. The lowest BCUT2D eigenvalue weighted by Gasteiger charge is -2.30. The van der Waals surface area contributed by atoms with Gasteiger partial charge >= 0.3 is 17.9 Å². The molecule has 0 fully saturated rings. The van der Waals surface area contributed by atoms with Gasteiger partial charge in [0.05, 0.1) is 25.5 Å². The van der Waals surface area contributed by atoms with Crippen molar-refractivity contribution in [3.63, 3.8) is 0 Å². The second-order valence-electron chi connectivity index (χ2n) is 13.9. The van der Waals surface area contributed by atoms with Gasteiger partial charge in [0.2, 0.25) is 35.4 Å². The number of carbonyl (C=O) groups excluding carboxylic acids is 6. The number of aliphatic hydroxyl groups is 2. The largest absolute Gasteiger partial charge is 0.481 e. The molecule has 6 amide bonds. The summed E-state index contributed by atoms with van der Waals surface area (Å²) >= 11 is 0. The zero-order chi connectivity index (χ0) is 43.6. The Labute approximate surface area is 327 Å². The number of nitrogens with one attached hydrogen (secondary N) is 7. The zero-order valence-electron chi connectivity index (χ0n) is 32.3. The van der Waals surface area contributed by atoms with E-state index in [0.717, 1.165) is 6.92 Å². The van der Waals surface area contributed by atoms with Gasteiger partial charge in [0.1, 0.15) is 42.3 Å². The van der Waals surface area contributed by atoms with Crippen LogP contribution in [0.4, 0.5) is 0 Å². The summed E-state index contributed by atoms with van der Waals surface area (Å²) in [5.74, 6) is -11.4. The quantitative estimate of drug-likeness (QED) is 0.0425. The molecule has 0 spiro atoms. The monoisotopic (exact) mass is 813 g/mol. The van der Waals surface area contributed by atoms with Crippen molar-refractivity contribution in [2.75, 3.05) is 6.61 Å². The van der Waals surface area contributed by atoms with Crippen molar-refractivity contribution in [1.29, 1.82) is 0 Å². The van der Waals surface area contributed by atoms with Crippen molar-refractivity contribution < 1.29 is 68.7 Å². The van der Waals surface area contributed by atoms with Crippen LogP contribution in [0.25, 0.3) is 0 Å². The van der Waals surface area contributed by atoms with Gasteiger partial charge < -0.3 is 68.2 Å². The summed E-state index contributed by atoms with van der Waals surface area (Å²) in [6.07, 6.45) is -1.02. The number of nitrogens with two attached hydrogens (primary N) is 1. The van der Waals surface area contributed by atoms with Crippen LogP contribution in [-0.2, 0) is 49.6 Å². The minimum Gasteiger partial charge on any atom is -0.481 e. The van der Waals surface area contributed by atoms with Crippen LogP contribution in [0.15, 0.2) is 12.5 Å². The molecule has 0 bridgehead atoms. The molecule has 57 heavy (non-hydrogen) atoms. The van der Waals surface area contributed by atoms with Gasteiger partial charge in [-0.05, 0) is 31.6 Å². The fourth-order valence-electron chi connectivity index (χ4n) is 5.21. The maximum atomic E-state index is 13.8. The molecule has 1 rings (SSSR count). The number of H-pyrrole nitrogens is 1. The number of carbonyl (C=O) groups is 9. The van der Waals surface area contributed by atoms with Crippen LogP contribution < -0.4 is 37.6 Å². The van der Waals surface area contributed by atoms with E-state index in [1.165, 1.54) is 12.5 Å². The SMILES string of the molecule is CC[C@H](C)[C@H](NC(=O)[C@H](CC(C)C)NC(=O)[C@@H](NC(=O)[C@H](CCC(=O)O)NC(=O)[C@@H](N)CO)[C@@H](C)O)C(=O)N[C@@H](CC(=O)O)C(=O)N[C@@H](Cc1cnc[nH]1)C(=O)O. The van der Waals surface area contributed by atoms with E-state index in [4.69, 9.17) is 10.8 Å². The maximum absolute atomic E-state index is 13.8. The number of aromatic amines is 1. The molecular formula is C34H55N9O14. The van der Waals surface area contributed by atoms with E-state index >= 15 is 0 Å². The first-order valence-corrected chi connectivity index (χ1v) is 18.1. The molecule has 23 nitrogen and oxygen atoms in total. The van der Waals surface area contributed by atoms with Gasteiger partial charge in [-0.1, -0.05) is 34.1 Å². The normalized spacial score (nSPS) is 15.9. The molecule has 14 N–H and O–H groups in total. The minimum atomic E-state index is -1.79. The summed E-state index contributed by atoms with van der Waals surface area (Å²) in [4.78, 5) is 121. The molecule has 0 aliphatic carbocycles. The summed E-state index contributed by atoms with van der Waals surface area (Å²) in [6, 6.07) is -10.9. The number of carboxylic acids is 3. The van der Waals surface area contributed by atoms with Crippen LogP contribution in [0.1, 0.15) is 72.4 Å². The van der Waals surface area contributed by atoms with Crippen LogP contribution in [0.2, 0.25) is 0 Å². The van der Waals surface area contributed by atoms with E-state index in [2.05, 4.69) is 41.9 Å². The number of hydrogen-bond donors (Lipinski definition) is 13. The zero-order valence-corrected chi connectivity index (χ0v) is 32.3. The number of hydrogen-bond acceptors (Lipinski definition) is 13. The molecule has 0 unspecified atom stereocenters. The van der Waals surface area contributed by atoms with Gasteiger partial charge in [-0.15, -0.1) is 0 Å². The topological polar surface area (TPSA) is 382 Å². The fourth-order valence-corrected chi connectivity index (χ4v) is 5.21. The Kier molecular flexibility index (Phi) is 20.8. The third-order valence-electron chi connectivity index (χ3n) is 8.61. The number of aliphatic hydroxyl groups excluding tert-OH is 2. The van der Waals surface area contributed by atoms with Crippen molar-refractivity contribution >= 4 is 53.4 Å². The highest BCUT2D eigenvalue weighted by Crippen LogP contribution is 2.13. The number of imidazole rings is 1. The van der Waals surface area contributed by atoms with E-state index in [0.29, 0.717) is 5.69 Å². The number of aliphatic carboxylic acids is 3. The smallest absolute Gasteiger partial charge is 0.326 e. The van der Waals surface area contributed by atoms with Gasteiger partial charge in [-0.2, -0.15) is 0 Å². The molecule has 1 heterocycles. The van der Waals surface area contributed by atoms with Gasteiger partial charge in [0.15, 0.2) is 0 Å². The van der Waals surface area contributed by atoms with Gasteiger partial charge in [0, 0.05) is 24.7 Å². The minimum absolute atomic E-state index is 0.0415. The van der Waals surface area contributed by atoms with Crippen LogP contribution in [-0.4, -0.2) is 144 Å². The Morgan fingerprint density at radius 3 is 1.74 bits per heavy atom. The molecular weight excluding hydrogens is 758 g/mol. The molecule has 0 saturated carbocycles. The van der Waals surface area contributed by atoms with Crippen LogP contribution >= 0.6 is 0 Å². The van der Waals surface area contributed by atoms with Crippen LogP contribution in [0, 0.1) is 11.8 Å². The number of carboxylic acid groups (broad SMARTS) is 3. The van der Waals surface area contributed by atoms with E-state index in [1.807, 2.05) is 0 Å². The van der Waals surface area contributed by atoms with Crippen molar-refractivity contribution in [1.82, 2.24) is 41.9 Å². The van der Waals surface area contributed by atoms with E-state index < -0.39 is 134 Å².